The monoisotopic (exact) mass is 136 g/mol. The van der Waals surface area contributed by atoms with Crippen LogP contribution in [0.4, 0.5) is 0 Å². The minimum Gasteiger partial charge on any atom is -0.325 e. The molecule has 0 radical (unpaired) electrons. The van der Waals surface area contributed by atoms with Gasteiger partial charge in [-0.1, -0.05) is 0 Å². The highest BCUT2D eigenvalue weighted by Crippen LogP contribution is 2.07. The molecular weight excluding hydrogens is 124 g/mol. The van der Waals surface area contributed by atoms with Gasteiger partial charge < -0.3 is 11.1 Å². The second-order valence-electron chi connectivity index (χ2n) is 2.32. The first-order chi connectivity index (χ1) is 3.22. The molecule has 1 aliphatic heterocycles. The van der Waals surface area contributed by atoms with E-state index in [1.54, 1.807) is 0 Å². The molecule has 1 fully saturated rings. The summed E-state index contributed by atoms with van der Waals surface area (Å²) in [6.07, 6.45) is 0. The van der Waals surface area contributed by atoms with Crippen LogP contribution < -0.4 is 11.1 Å². The molecule has 0 aromatic rings. The van der Waals surface area contributed by atoms with E-state index in [9.17, 15) is 0 Å². The summed E-state index contributed by atoms with van der Waals surface area (Å²) in [6.45, 7) is 4.20. The summed E-state index contributed by atoms with van der Waals surface area (Å²) in [5.41, 5.74) is 5.60. The molecule has 0 saturated carbocycles. The van der Waals surface area contributed by atoms with E-state index in [4.69, 9.17) is 5.73 Å². The molecule has 2 atom stereocenters. The van der Waals surface area contributed by atoms with Gasteiger partial charge in [0.25, 0.3) is 0 Å². The van der Waals surface area contributed by atoms with E-state index in [2.05, 4.69) is 19.2 Å². The summed E-state index contributed by atoms with van der Waals surface area (Å²) >= 11 is 0. The second kappa shape index (κ2) is 2.67. The Morgan fingerprint density at radius 1 is 1.25 bits per heavy atom. The Balaban J connectivity index is 0.000000490. The fraction of sp³-hybridized carbons (Fsp3) is 1.00. The van der Waals surface area contributed by atoms with Gasteiger partial charge in [-0.25, -0.2) is 0 Å². The van der Waals surface area contributed by atoms with Gasteiger partial charge in [0.05, 0.1) is 0 Å². The van der Waals surface area contributed by atoms with Crippen molar-refractivity contribution in [2.45, 2.75) is 32.0 Å². The van der Waals surface area contributed by atoms with Crippen molar-refractivity contribution in [1.82, 2.24) is 5.32 Å². The lowest BCUT2D eigenvalue weighted by atomic mass is 9.94. The third-order valence-electron chi connectivity index (χ3n) is 1.68. The van der Waals surface area contributed by atoms with Gasteiger partial charge in [0.15, 0.2) is 0 Å². The minimum absolute atomic E-state index is 0. The quantitative estimate of drug-likeness (QED) is 0.497. The average Bonchev–Trinajstić information content (AvgIpc) is 1.68. The predicted molar refractivity (Wildman–Crippen MR) is 37.3 cm³/mol. The first kappa shape index (κ1) is 8.21. The summed E-state index contributed by atoms with van der Waals surface area (Å²) in [5.74, 6) is 0. The van der Waals surface area contributed by atoms with E-state index < -0.39 is 0 Å². The van der Waals surface area contributed by atoms with Gasteiger partial charge in [-0.3, -0.25) is 0 Å². The van der Waals surface area contributed by atoms with Crippen molar-refractivity contribution in [2.75, 3.05) is 0 Å². The predicted octanol–water partition coefficient (Wildman–Crippen LogP) is 0.116. The average molecular weight is 137 g/mol. The lowest BCUT2D eigenvalue weighted by Gasteiger charge is -2.39. The van der Waals surface area contributed by atoms with Gasteiger partial charge >= 0.3 is 0 Å². The Morgan fingerprint density at radius 2 is 1.62 bits per heavy atom. The van der Waals surface area contributed by atoms with Crippen molar-refractivity contribution in [1.29, 1.82) is 0 Å². The molecule has 50 valence electrons. The third kappa shape index (κ3) is 1.13. The summed E-state index contributed by atoms with van der Waals surface area (Å²) in [4.78, 5) is 0. The molecule has 1 rings (SSSR count). The number of hydrogen-bond donors (Lipinski definition) is 2. The molecule has 2 nitrogen and oxygen atoms in total. The number of rotatable bonds is 0. The van der Waals surface area contributed by atoms with Crippen molar-refractivity contribution in [3.8, 4) is 0 Å². The Labute approximate surface area is 56.2 Å². The highest BCUT2D eigenvalue weighted by molar-refractivity contribution is 5.85. The molecule has 0 aromatic carbocycles. The Morgan fingerprint density at radius 3 is 1.62 bits per heavy atom. The van der Waals surface area contributed by atoms with Crippen LogP contribution in [0.2, 0.25) is 0 Å². The number of halogens is 1. The number of nitrogens with one attached hydrogen (secondary N) is 1. The van der Waals surface area contributed by atoms with Crippen molar-refractivity contribution in [3.05, 3.63) is 0 Å². The van der Waals surface area contributed by atoms with Crippen LogP contribution in [-0.4, -0.2) is 18.1 Å². The van der Waals surface area contributed by atoms with Crippen LogP contribution in [0, 0.1) is 0 Å². The Kier molecular flexibility index (Phi) is 2.74. The molecule has 0 aromatic heterocycles. The zero-order chi connectivity index (χ0) is 5.44. The van der Waals surface area contributed by atoms with Crippen LogP contribution >= 0.6 is 12.4 Å². The van der Waals surface area contributed by atoms with E-state index in [-0.39, 0.29) is 12.4 Å². The van der Waals surface area contributed by atoms with E-state index in [1.165, 1.54) is 0 Å². The number of hydrogen-bond acceptors (Lipinski definition) is 2. The SMILES string of the molecule is CC1NC(C)C1N.Cl. The Bertz CT molecular complexity index is 68.8. The van der Waals surface area contributed by atoms with E-state index in [0.29, 0.717) is 18.1 Å². The van der Waals surface area contributed by atoms with Gasteiger partial charge in [-0.15, -0.1) is 12.4 Å². The van der Waals surface area contributed by atoms with Crippen LogP contribution in [0.3, 0.4) is 0 Å². The summed E-state index contributed by atoms with van der Waals surface area (Å²) in [7, 11) is 0. The van der Waals surface area contributed by atoms with E-state index >= 15 is 0 Å². The molecular formula is C5H13ClN2. The molecule has 0 spiro atoms. The molecule has 2 unspecified atom stereocenters. The first-order valence-electron chi connectivity index (χ1n) is 2.73. The normalized spacial score (nSPS) is 44.6. The van der Waals surface area contributed by atoms with Crippen molar-refractivity contribution < 1.29 is 0 Å². The van der Waals surface area contributed by atoms with Gasteiger partial charge in [-0.2, -0.15) is 0 Å². The largest absolute Gasteiger partial charge is 0.325 e. The van der Waals surface area contributed by atoms with Crippen LogP contribution in [0.25, 0.3) is 0 Å². The lowest BCUT2D eigenvalue weighted by Crippen LogP contribution is -2.66. The summed E-state index contributed by atoms with van der Waals surface area (Å²) in [5, 5.41) is 3.23. The lowest BCUT2D eigenvalue weighted by molar-refractivity contribution is 0.247. The topological polar surface area (TPSA) is 38.0 Å². The van der Waals surface area contributed by atoms with Crippen molar-refractivity contribution >= 4 is 12.4 Å². The maximum atomic E-state index is 5.60. The van der Waals surface area contributed by atoms with E-state index in [1.807, 2.05) is 0 Å². The smallest absolute Gasteiger partial charge is 0.0345 e. The minimum atomic E-state index is 0. The second-order valence-corrected chi connectivity index (χ2v) is 2.32. The van der Waals surface area contributed by atoms with Crippen LogP contribution in [0.1, 0.15) is 13.8 Å². The first-order valence-corrected chi connectivity index (χ1v) is 2.73. The van der Waals surface area contributed by atoms with Gasteiger partial charge in [0, 0.05) is 18.1 Å². The molecule has 1 saturated heterocycles. The third-order valence-corrected chi connectivity index (χ3v) is 1.68. The summed E-state index contributed by atoms with van der Waals surface area (Å²) in [6, 6.07) is 1.46. The molecule has 8 heavy (non-hydrogen) atoms. The molecule has 0 bridgehead atoms. The fourth-order valence-corrected chi connectivity index (χ4v) is 0.951. The number of nitrogens with two attached hydrogens (primary N) is 1. The molecule has 1 aliphatic rings. The Hall–Kier alpha value is 0.210. The van der Waals surface area contributed by atoms with Crippen LogP contribution in [0.5, 0.6) is 0 Å². The standard InChI is InChI=1S/C5H12N2.ClH/c1-3-5(6)4(2)7-3;/h3-5,7H,6H2,1-2H3;1H. The maximum Gasteiger partial charge on any atom is 0.0345 e. The molecule has 0 aliphatic carbocycles. The molecule has 3 heteroatoms. The molecule has 1 heterocycles. The van der Waals surface area contributed by atoms with Crippen LogP contribution in [-0.2, 0) is 0 Å². The van der Waals surface area contributed by atoms with Crippen molar-refractivity contribution in [2.24, 2.45) is 5.73 Å². The van der Waals surface area contributed by atoms with E-state index in [0.717, 1.165) is 0 Å². The summed E-state index contributed by atoms with van der Waals surface area (Å²) < 4.78 is 0. The fourth-order valence-electron chi connectivity index (χ4n) is 0.951. The molecule has 0 amide bonds. The zero-order valence-corrected chi connectivity index (χ0v) is 6.03. The van der Waals surface area contributed by atoms with Crippen molar-refractivity contribution in [3.63, 3.8) is 0 Å². The van der Waals surface area contributed by atoms with Gasteiger partial charge in [-0.05, 0) is 13.8 Å². The zero-order valence-electron chi connectivity index (χ0n) is 5.22. The highest BCUT2D eigenvalue weighted by Gasteiger charge is 2.29. The van der Waals surface area contributed by atoms with Gasteiger partial charge in [0.1, 0.15) is 0 Å². The van der Waals surface area contributed by atoms with Gasteiger partial charge in [0.2, 0.25) is 0 Å². The highest BCUT2D eigenvalue weighted by atomic mass is 35.5. The van der Waals surface area contributed by atoms with Crippen LogP contribution in [0.15, 0.2) is 0 Å². The molecule has 3 N–H and O–H groups in total. The maximum absolute atomic E-state index is 5.60.